The number of rotatable bonds is 5. The lowest BCUT2D eigenvalue weighted by molar-refractivity contribution is -0.122. The van der Waals surface area contributed by atoms with Crippen molar-refractivity contribution in [3.8, 4) is 0 Å². The summed E-state index contributed by atoms with van der Waals surface area (Å²) in [5.74, 6) is 0.324. The summed E-state index contributed by atoms with van der Waals surface area (Å²) in [6.07, 6.45) is 3.89. The van der Waals surface area contributed by atoms with Gasteiger partial charge >= 0.3 is 0 Å². The van der Waals surface area contributed by atoms with E-state index >= 15 is 0 Å². The van der Waals surface area contributed by atoms with Gasteiger partial charge in [0.1, 0.15) is 0 Å². The highest BCUT2D eigenvalue weighted by molar-refractivity contribution is 5.81. The molecule has 15 heavy (non-hydrogen) atoms. The fourth-order valence-corrected chi connectivity index (χ4v) is 1.33. The summed E-state index contributed by atoms with van der Waals surface area (Å²) in [4.78, 5) is 11.5. The van der Waals surface area contributed by atoms with Gasteiger partial charge in [-0.3, -0.25) is 4.79 Å². The zero-order valence-electron chi connectivity index (χ0n) is 9.19. The van der Waals surface area contributed by atoms with Crippen LogP contribution in [0.4, 0.5) is 0 Å². The van der Waals surface area contributed by atoms with E-state index in [9.17, 15) is 4.79 Å². The van der Waals surface area contributed by atoms with Crippen molar-refractivity contribution in [1.29, 1.82) is 0 Å². The van der Waals surface area contributed by atoms with E-state index in [0.717, 1.165) is 5.56 Å². The summed E-state index contributed by atoms with van der Waals surface area (Å²) in [5.41, 5.74) is 6.67. The van der Waals surface area contributed by atoms with Crippen LogP contribution in [0.5, 0.6) is 0 Å². The first-order chi connectivity index (χ1) is 7.09. The topological polar surface area (TPSA) is 68.3 Å². The second-order valence-corrected chi connectivity index (χ2v) is 4.09. The van der Waals surface area contributed by atoms with Gasteiger partial charge in [0.15, 0.2) is 0 Å². The highest BCUT2D eigenvalue weighted by atomic mass is 16.3. The van der Waals surface area contributed by atoms with Gasteiger partial charge in [-0.2, -0.15) is 0 Å². The normalized spacial score (nSPS) is 12.8. The lowest BCUT2D eigenvalue weighted by Gasteiger charge is -2.13. The highest BCUT2D eigenvalue weighted by Gasteiger charge is 2.14. The minimum Gasteiger partial charge on any atom is -0.472 e. The van der Waals surface area contributed by atoms with Gasteiger partial charge in [0, 0.05) is 12.1 Å². The van der Waals surface area contributed by atoms with Crippen LogP contribution in [-0.4, -0.2) is 11.9 Å². The number of carbonyl (C=O) groups is 1. The zero-order chi connectivity index (χ0) is 11.3. The van der Waals surface area contributed by atoms with Gasteiger partial charge in [-0.15, -0.1) is 0 Å². The summed E-state index contributed by atoms with van der Waals surface area (Å²) in [6.45, 7) is 4.56. The third-order valence-electron chi connectivity index (χ3n) is 2.11. The Kier molecular flexibility index (Phi) is 4.37. The van der Waals surface area contributed by atoms with E-state index < -0.39 is 6.04 Å². The van der Waals surface area contributed by atoms with E-state index in [2.05, 4.69) is 5.32 Å². The van der Waals surface area contributed by atoms with Crippen LogP contribution in [0.25, 0.3) is 0 Å². The van der Waals surface area contributed by atoms with Gasteiger partial charge in [0.2, 0.25) is 5.91 Å². The van der Waals surface area contributed by atoms with Crippen molar-refractivity contribution < 1.29 is 9.21 Å². The van der Waals surface area contributed by atoms with Crippen LogP contribution in [0.3, 0.4) is 0 Å². The third kappa shape index (κ3) is 4.16. The Balaban J connectivity index is 2.29. The Labute approximate surface area is 89.8 Å². The molecule has 1 heterocycles. The van der Waals surface area contributed by atoms with Crippen molar-refractivity contribution in [1.82, 2.24) is 5.32 Å². The molecule has 1 unspecified atom stereocenters. The number of hydrogen-bond acceptors (Lipinski definition) is 3. The van der Waals surface area contributed by atoms with E-state index in [-0.39, 0.29) is 5.91 Å². The van der Waals surface area contributed by atoms with Crippen LogP contribution in [0.2, 0.25) is 0 Å². The molecule has 0 fully saturated rings. The zero-order valence-corrected chi connectivity index (χ0v) is 9.19. The smallest absolute Gasteiger partial charge is 0.237 e. The maximum absolute atomic E-state index is 11.5. The second kappa shape index (κ2) is 5.56. The Hall–Kier alpha value is -1.29. The molecule has 1 atom stereocenters. The second-order valence-electron chi connectivity index (χ2n) is 4.09. The minimum atomic E-state index is -0.420. The third-order valence-corrected chi connectivity index (χ3v) is 2.11. The first kappa shape index (κ1) is 11.8. The summed E-state index contributed by atoms with van der Waals surface area (Å²) < 4.78 is 4.89. The van der Waals surface area contributed by atoms with E-state index in [1.807, 2.05) is 19.9 Å². The molecule has 0 saturated carbocycles. The fourth-order valence-electron chi connectivity index (χ4n) is 1.33. The SMILES string of the molecule is CC(C)CC(N)C(=O)NCc1ccoc1. The molecule has 1 amide bonds. The molecule has 0 aliphatic rings. The summed E-state index contributed by atoms with van der Waals surface area (Å²) >= 11 is 0. The lowest BCUT2D eigenvalue weighted by atomic mass is 10.0. The molecule has 1 rings (SSSR count). The summed E-state index contributed by atoms with van der Waals surface area (Å²) in [5, 5.41) is 2.77. The molecular weight excluding hydrogens is 192 g/mol. The first-order valence-corrected chi connectivity index (χ1v) is 5.14. The van der Waals surface area contributed by atoms with Gasteiger partial charge < -0.3 is 15.5 Å². The van der Waals surface area contributed by atoms with Gasteiger partial charge in [0.05, 0.1) is 18.6 Å². The van der Waals surface area contributed by atoms with Crippen LogP contribution in [0.15, 0.2) is 23.0 Å². The molecule has 0 bridgehead atoms. The monoisotopic (exact) mass is 210 g/mol. The summed E-state index contributed by atoms with van der Waals surface area (Å²) in [7, 11) is 0. The van der Waals surface area contributed by atoms with E-state index in [4.69, 9.17) is 10.2 Å². The highest BCUT2D eigenvalue weighted by Crippen LogP contribution is 2.03. The Morgan fingerprint density at radius 1 is 1.60 bits per heavy atom. The molecule has 1 aromatic rings. The number of furan rings is 1. The first-order valence-electron chi connectivity index (χ1n) is 5.14. The molecule has 4 nitrogen and oxygen atoms in total. The van der Waals surface area contributed by atoms with Gasteiger partial charge in [-0.1, -0.05) is 13.8 Å². The average molecular weight is 210 g/mol. The van der Waals surface area contributed by atoms with Crippen LogP contribution >= 0.6 is 0 Å². The van der Waals surface area contributed by atoms with Crippen molar-refractivity contribution in [3.63, 3.8) is 0 Å². The molecule has 0 spiro atoms. The molecule has 1 aromatic heterocycles. The van der Waals surface area contributed by atoms with E-state index in [0.29, 0.717) is 18.9 Å². The molecule has 3 N–H and O–H groups in total. The molecule has 0 radical (unpaired) electrons. The number of nitrogens with two attached hydrogens (primary N) is 1. The van der Waals surface area contributed by atoms with E-state index in [1.54, 1.807) is 12.5 Å². The Morgan fingerprint density at radius 3 is 2.87 bits per heavy atom. The Bertz CT molecular complexity index is 294. The molecule has 0 aliphatic heterocycles. The van der Waals surface area contributed by atoms with Crippen molar-refractivity contribution in [2.75, 3.05) is 0 Å². The number of amides is 1. The van der Waals surface area contributed by atoms with Crippen LogP contribution in [-0.2, 0) is 11.3 Å². The minimum absolute atomic E-state index is 0.107. The van der Waals surface area contributed by atoms with Crippen molar-refractivity contribution in [2.45, 2.75) is 32.9 Å². The fraction of sp³-hybridized carbons (Fsp3) is 0.545. The number of hydrogen-bond donors (Lipinski definition) is 2. The van der Waals surface area contributed by atoms with Crippen LogP contribution in [0.1, 0.15) is 25.8 Å². The van der Waals surface area contributed by atoms with Crippen LogP contribution < -0.4 is 11.1 Å². The predicted molar refractivity (Wildman–Crippen MR) is 58.0 cm³/mol. The predicted octanol–water partition coefficient (Wildman–Crippen LogP) is 1.27. The van der Waals surface area contributed by atoms with Gasteiger partial charge in [0.25, 0.3) is 0 Å². The van der Waals surface area contributed by atoms with Gasteiger partial charge in [-0.05, 0) is 18.4 Å². The van der Waals surface area contributed by atoms with Crippen molar-refractivity contribution in [3.05, 3.63) is 24.2 Å². The maximum Gasteiger partial charge on any atom is 0.237 e. The average Bonchev–Trinajstić information content (AvgIpc) is 2.65. The number of nitrogens with one attached hydrogen (secondary N) is 1. The maximum atomic E-state index is 11.5. The molecular formula is C11H18N2O2. The van der Waals surface area contributed by atoms with Crippen molar-refractivity contribution >= 4 is 5.91 Å². The molecule has 0 saturated heterocycles. The van der Waals surface area contributed by atoms with E-state index in [1.165, 1.54) is 0 Å². The van der Waals surface area contributed by atoms with Crippen LogP contribution in [0, 0.1) is 5.92 Å². The molecule has 0 aliphatic carbocycles. The molecule has 84 valence electrons. The Morgan fingerprint density at radius 2 is 2.33 bits per heavy atom. The standard InChI is InChI=1S/C11H18N2O2/c1-8(2)5-10(12)11(14)13-6-9-3-4-15-7-9/h3-4,7-8,10H,5-6,12H2,1-2H3,(H,13,14). The largest absolute Gasteiger partial charge is 0.472 e. The van der Waals surface area contributed by atoms with Gasteiger partial charge in [-0.25, -0.2) is 0 Å². The molecule has 0 aromatic carbocycles. The quantitative estimate of drug-likeness (QED) is 0.769. The molecule has 4 heteroatoms. The lowest BCUT2D eigenvalue weighted by Crippen LogP contribution is -2.40. The van der Waals surface area contributed by atoms with Crippen molar-refractivity contribution in [2.24, 2.45) is 11.7 Å². The number of carbonyl (C=O) groups excluding carboxylic acids is 1. The summed E-state index contributed by atoms with van der Waals surface area (Å²) in [6, 6.07) is 1.39.